The second-order valence-corrected chi connectivity index (χ2v) is 4.60. The van der Waals surface area contributed by atoms with Gasteiger partial charge in [0, 0.05) is 31.4 Å². The van der Waals surface area contributed by atoms with Crippen LogP contribution in [0.25, 0.3) is 0 Å². The zero-order valence-corrected chi connectivity index (χ0v) is 11.1. The molecule has 4 heteroatoms. The number of anilines is 1. The predicted molar refractivity (Wildman–Crippen MR) is 72.4 cm³/mol. The highest BCUT2D eigenvalue weighted by Crippen LogP contribution is 2.17. The molecule has 18 heavy (non-hydrogen) atoms. The Balaban J connectivity index is 2.09. The van der Waals surface area contributed by atoms with E-state index < -0.39 is 0 Å². The first-order valence-corrected chi connectivity index (χ1v) is 6.03. The molecule has 0 aromatic carbocycles. The van der Waals surface area contributed by atoms with Gasteiger partial charge < -0.3 is 15.1 Å². The Morgan fingerprint density at radius 2 is 2.17 bits per heavy atom. The molecule has 2 heterocycles. The van der Waals surface area contributed by atoms with Crippen LogP contribution in [0.3, 0.4) is 0 Å². The average Bonchev–Trinajstić information content (AvgIpc) is 2.75. The van der Waals surface area contributed by atoms with Crippen LogP contribution < -0.4 is 10.6 Å². The van der Waals surface area contributed by atoms with E-state index in [4.69, 9.17) is 10.2 Å². The molecular weight excluding hydrogens is 226 g/mol. The number of furan rings is 1. The minimum absolute atomic E-state index is 0.0213. The van der Waals surface area contributed by atoms with Crippen molar-refractivity contribution >= 4 is 5.82 Å². The van der Waals surface area contributed by atoms with Gasteiger partial charge in [-0.05, 0) is 31.5 Å². The number of rotatable bonds is 4. The third-order valence-corrected chi connectivity index (χ3v) is 3.06. The third-order valence-electron chi connectivity index (χ3n) is 3.06. The first-order chi connectivity index (χ1) is 8.58. The first kappa shape index (κ1) is 12.6. The van der Waals surface area contributed by atoms with Crippen molar-refractivity contribution in [1.82, 2.24) is 4.98 Å². The number of hydrogen-bond donors (Lipinski definition) is 1. The molecule has 0 saturated heterocycles. The van der Waals surface area contributed by atoms with E-state index in [-0.39, 0.29) is 6.04 Å². The Bertz CT molecular complexity index is 502. The van der Waals surface area contributed by atoms with Gasteiger partial charge in [0.25, 0.3) is 0 Å². The van der Waals surface area contributed by atoms with Crippen LogP contribution in [0.5, 0.6) is 0 Å². The second-order valence-electron chi connectivity index (χ2n) is 4.60. The molecule has 1 atom stereocenters. The lowest BCUT2D eigenvalue weighted by molar-refractivity contribution is 0.529. The van der Waals surface area contributed by atoms with Gasteiger partial charge in [-0.2, -0.15) is 0 Å². The van der Waals surface area contributed by atoms with Crippen LogP contribution in [0, 0.1) is 6.92 Å². The second kappa shape index (κ2) is 5.23. The van der Waals surface area contributed by atoms with Crippen molar-refractivity contribution in [2.45, 2.75) is 26.4 Å². The fourth-order valence-electron chi connectivity index (χ4n) is 1.80. The summed E-state index contributed by atoms with van der Waals surface area (Å²) in [5, 5.41) is 0. The lowest BCUT2D eigenvalue weighted by atomic mass is 10.1. The predicted octanol–water partition coefficient (Wildman–Crippen LogP) is 2.64. The molecule has 4 nitrogen and oxygen atoms in total. The Kier molecular flexibility index (Phi) is 3.67. The van der Waals surface area contributed by atoms with E-state index in [1.54, 1.807) is 6.26 Å². The Morgan fingerprint density at radius 1 is 1.39 bits per heavy atom. The zero-order chi connectivity index (χ0) is 13.1. The SMILES string of the molecule is Cc1occc1CN(C)c1ccc([C@H](C)N)cn1. The van der Waals surface area contributed by atoms with Crippen LogP contribution in [0.4, 0.5) is 5.82 Å². The molecule has 0 saturated carbocycles. The third kappa shape index (κ3) is 2.71. The number of nitrogens with two attached hydrogens (primary N) is 1. The van der Waals surface area contributed by atoms with Gasteiger partial charge in [-0.1, -0.05) is 6.07 Å². The van der Waals surface area contributed by atoms with Crippen LogP contribution in [0.1, 0.15) is 29.9 Å². The van der Waals surface area contributed by atoms with E-state index in [0.717, 1.165) is 23.7 Å². The van der Waals surface area contributed by atoms with Gasteiger partial charge in [-0.25, -0.2) is 4.98 Å². The summed E-state index contributed by atoms with van der Waals surface area (Å²) in [5.74, 6) is 1.88. The lowest BCUT2D eigenvalue weighted by Crippen LogP contribution is -2.18. The van der Waals surface area contributed by atoms with Crippen molar-refractivity contribution in [1.29, 1.82) is 0 Å². The largest absolute Gasteiger partial charge is 0.469 e. The van der Waals surface area contributed by atoms with Crippen molar-refractivity contribution in [3.05, 3.63) is 47.5 Å². The van der Waals surface area contributed by atoms with Crippen molar-refractivity contribution in [2.75, 3.05) is 11.9 Å². The molecule has 0 fully saturated rings. The molecule has 0 amide bonds. The van der Waals surface area contributed by atoms with E-state index in [0.29, 0.717) is 0 Å². The molecular formula is C14H19N3O. The Morgan fingerprint density at radius 3 is 2.67 bits per heavy atom. The molecule has 0 aliphatic rings. The Labute approximate surface area is 107 Å². The molecule has 2 rings (SSSR count). The summed E-state index contributed by atoms with van der Waals surface area (Å²) < 4.78 is 5.29. The van der Waals surface area contributed by atoms with E-state index >= 15 is 0 Å². The molecule has 0 aliphatic carbocycles. The van der Waals surface area contributed by atoms with E-state index in [1.165, 1.54) is 5.56 Å². The van der Waals surface area contributed by atoms with Crippen LogP contribution >= 0.6 is 0 Å². The van der Waals surface area contributed by atoms with Gasteiger partial charge in [0.1, 0.15) is 11.6 Å². The number of aromatic nitrogens is 1. The van der Waals surface area contributed by atoms with Crippen LogP contribution in [0.2, 0.25) is 0 Å². The maximum Gasteiger partial charge on any atom is 0.128 e. The molecule has 2 N–H and O–H groups in total. The van der Waals surface area contributed by atoms with Crippen molar-refractivity contribution < 1.29 is 4.42 Å². The maximum absolute atomic E-state index is 5.80. The van der Waals surface area contributed by atoms with Crippen molar-refractivity contribution in [3.8, 4) is 0 Å². The van der Waals surface area contributed by atoms with E-state index in [2.05, 4.69) is 9.88 Å². The number of aryl methyl sites for hydroxylation is 1. The highest BCUT2D eigenvalue weighted by Gasteiger charge is 2.08. The fraction of sp³-hybridized carbons (Fsp3) is 0.357. The van der Waals surface area contributed by atoms with Gasteiger partial charge in [-0.3, -0.25) is 0 Å². The monoisotopic (exact) mass is 245 g/mol. The highest BCUT2D eigenvalue weighted by molar-refractivity contribution is 5.40. The maximum atomic E-state index is 5.80. The molecule has 0 bridgehead atoms. The summed E-state index contributed by atoms with van der Waals surface area (Å²) in [5.41, 5.74) is 8.03. The number of pyridine rings is 1. The average molecular weight is 245 g/mol. The summed E-state index contributed by atoms with van der Waals surface area (Å²) in [7, 11) is 2.01. The molecule has 0 unspecified atom stereocenters. The van der Waals surface area contributed by atoms with E-state index in [1.807, 2.05) is 45.3 Å². The summed E-state index contributed by atoms with van der Waals surface area (Å²) in [4.78, 5) is 6.51. The molecule has 0 aliphatic heterocycles. The van der Waals surface area contributed by atoms with Crippen molar-refractivity contribution in [2.24, 2.45) is 5.73 Å². The van der Waals surface area contributed by atoms with Gasteiger partial charge in [-0.15, -0.1) is 0 Å². The topological polar surface area (TPSA) is 55.3 Å². The smallest absolute Gasteiger partial charge is 0.128 e. The van der Waals surface area contributed by atoms with Gasteiger partial charge >= 0.3 is 0 Å². The number of hydrogen-bond acceptors (Lipinski definition) is 4. The van der Waals surface area contributed by atoms with Crippen molar-refractivity contribution in [3.63, 3.8) is 0 Å². The van der Waals surface area contributed by atoms with E-state index in [9.17, 15) is 0 Å². The van der Waals surface area contributed by atoms with Gasteiger partial charge in [0.2, 0.25) is 0 Å². The number of nitrogens with zero attached hydrogens (tertiary/aromatic N) is 2. The lowest BCUT2D eigenvalue weighted by Gasteiger charge is -2.18. The standard InChI is InChI=1S/C14H19N3O/c1-10(15)12-4-5-14(16-8-12)17(3)9-13-6-7-18-11(13)2/h4-8,10H,9,15H2,1-3H3/t10-/m0/s1. The summed E-state index contributed by atoms with van der Waals surface area (Å²) in [6, 6.07) is 6.02. The van der Waals surface area contributed by atoms with Crippen LogP contribution in [-0.4, -0.2) is 12.0 Å². The van der Waals surface area contributed by atoms with Gasteiger partial charge in [0.05, 0.1) is 6.26 Å². The normalized spacial score (nSPS) is 12.4. The fourth-order valence-corrected chi connectivity index (χ4v) is 1.80. The van der Waals surface area contributed by atoms with Crippen LogP contribution in [-0.2, 0) is 6.54 Å². The zero-order valence-electron chi connectivity index (χ0n) is 11.1. The van der Waals surface area contributed by atoms with Gasteiger partial charge in [0.15, 0.2) is 0 Å². The van der Waals surface area contributed by atoms with Crippen LogP contribution in [0.15, 0.2) is 35.1 Å². The summed E-state index contributed by atoms with van der Waals surface area (Å²) in [6.07, 6.45) is 3.55. The summed E-state index contributed by atoms with van der Waals surface area (Å²) >= 11 is 0. The molecule has 96 valence electrons. The molecule has 0 spiro atoms. The summed E-state index contributed by atoms with van der Waals surface area (Å²) in [6.45, 7) is 4.71. The minimum atomic E-state index is 0.0213. The molecule has 2 aromatic rings. The minimum Gasteiger partial charge on any atom is -0.469 e. The quantitative estimate of drug-likeness (QED) is 0.899. The first-order valence-electron chi connectivity index (χ1n) is 6.03. The highest BCUT2D eigenvalue weighted by atomic mass is 16.3. The molecule has 2 aromatic heterocycles. The Hall–Kier alpha value is -1.81. The molecule has 0 radical (unpaired) electrons.